The van der Waals surface area contributed by atoms with E-state index in [1.807, 2.05) is 36.4 Å². The number of aromatic nitrogens is 2. The molecular weight excluding hydrogens is 360 g/mol. The van der Waals surface area contributed by atoms with Gasteiger partial charge in [0.15, 0.2) is 0 Å². The maximum Gasteiger partial charge on any atom is 0.222 e. The van der Waals surface area contributed by atoms with E-state index in [-0.39, 0.29) is 11.4 Å². The molecule has 2 aliphatic rings. The molecule has 0 unspecified atom stereocenters. The number of fused-ring (bicyclic) bond motifs is 1. The molecule has 2 saturated heterocycles. The molecule has 0 saturated carbocycles. The number of likely N-dealkylation sites (tertiary alicyclic amines) is 1. The summed E-state index contributed by atoms with van der Waals surface area (Å²) < 4.78 is 0. The number of hydrogen-bond donors (Lipinski definition) is 0. The van der Waals surface area contributed by atoms with Crippen molar-refractivity contribution in [2.24, 2.45) is 0 Å². The number of benzene rings is 2. The van der Waals surface area contributed by atoms with Gasteiger partial charge < -0.3 is 9.80 Å². The quantitative estimate of drug-likeness (QED) is 0.684. The first-order valence-corrected chi connectivity index (χ1v) is 10.5. The van der Waals surface area contributed by atoms with Crippen molar-refractivity contribution in [3.05, 3.63) is 66.5 Å². The molecule has 3 aromatic rings. The van der Waals surface area contributed by atoms with Crippen LogP contribution in [0, 0.1) is 0 Å². The van der Waals surface area contributed by atoms with Crippen molar-refractivity contribution in [2.45, 2.75) is 37.6 Å². The first kappa shape index (κ1) is 18.1. The Labute approximate surface area is 171 Å². The van der Waals surface area contributed by atoms with Crippen LogP contribution in [-0.2, 0) is 11.2 Å². The van der Waals surface area contributed by atoms with Crippen LogP contribution in [0.4, 0.5) is 5.82 Å². The average molecular weight is 386 g/mol. The van der Waals surface area contributed by atoms with Crippen molar-refractivity contribution in [1.29, 1.82) is 0 Å². The number of rotatable bonds is 4. The third-order valence-corrected chi connectivity index (χ3v) is 6.53. The molecule has 0 aliphatic carbocycles. The lowest BCUT2D eigenvalue weighted by Gasteiger charge is -2.57. The zero-order valence-electron chi connectivity index (χ0n) is 16.6. The van der Waals surface area contributed by atoms with Crippen LogP contribution in [0.5, 0.6) is 0 Å². The molecule has 2 aliphatic heterocycles. The molecule has 5 heteroatoms. The Bertz CT molecular complexity index is 1020. The van der Waals surface area contributed by atoms with E-state index >= 15 is 0 Å². The zero-order valence-corrected chi connectivity index (χ0v) is 16.6. The molecule has 5 rings (SSSR count). The summed E-state index contributed by atoms with van der Waals surface area (Å²) in [5, 5.41) is 1.10. The molecule has 148 valence electrons. The van der Waals surface area contributed by atoms with Crippen LogP contribution in [0.15, 0.2) is 60.9 Å². The Hall–Kier alpha value is -2.95. The van der Waals surface area contributed by atoms with Crippen LogP contribution >= 0.6 is 0 Å². The van der Waals surface area contributed by atoms with Gasteiger partial charge in [-0.3, -0.25) is 4.79 Å². The van der Waals surface area contributed by atoms with Crippen LogP contribution < -0.4 is 4.90 Å². The minimum atomic E-state index is 0.0256. The van der Waals surface area contributed by atoms with Crippen molar-refractivity contribution in [1.82, 2.24) is 14.9 Å². The topological polar surface area (TPSA) is 49.3 Å². The Morgan fingerprint density at radius 2 is 1.79 bits per heavy atom. The van der Waals surface area contributed by atoms with Gasteiger partial charge in [0.25, 0.3) is 0 Å². The van der Waals surface area contributed by atoms with E-state index in [0.717, 1.165) is 62.0 Å². The highest BCUT2D eigenvalue weighted by Crippen LogP contribution is 2.43. The number of anilines is 1. The second-order valence-corrected chi connectivity index (χ2v) is 8.24. The Balaban J connectivity index is 1.32. The highest BCUT2D eigenvalue weighted by atomic mass is 16.2. The van der Waals surface area contributed by atoms with Crippen LogP contribution in [0.3, 0.4) is 0 Å². The summed E-state index contributed by atoms with van der Waals surface area (Å²) in [6.07, 6.45) is 6.34. The van der Waals surface area contributed by atoms with Crippen LogP contribution in [-0.4, -0.2) is 45.9 Å². The number of carbonyl (C=O) groups is 1. The van der Waals surface area contributed by atoms with Crippen LogP contribution in [0.1, 0.15) is 31.2 Å². The lowest BCUT2D eigenvalue weighted by atomic mass is 9.77. The molecule has 1 amide bonds. The third-order valence-electron chi connectivity index (χ3n) is 6.53. The summed E-state index contributed by atoms with van der Waals surface area (Å²) in [5.74, 6) is 1.28. The number of aryl methyl sites for hydroxylation is 1. The van der Waals surface area contributed by atoms with E-state index in [1.54, 1.807) is 6.33 Å². The summed E-state index contributed by atoms with van der Waals surface area (Å²) >= 11 is 0. The van der Waals surface area contributed by atoms with Crippen molar-refractivity contribution in [3.8, 4) is 0 Å². The molecule has 29 heavy (non-hydrogen) atoms. The number of para-hydroxylation sites is 1. The molecule has 1 aromatic heterocycles. The summed E-state index contributed by atoms with van der Waals surface area (Å²) in [6, 6.07) is 18.5. The smallest absolute Gasteiger partial charge is 0.222 e. The number of piperidine rings is 1. The molecule has 0 bridgehead atoms. The minimum Gasteiger partial charge on any atom is -0.348 e. The van der Waals surface area contributed by atoms with Crippen molar-refractivity contribution >= 4 is 22.6 Å². The molecule has 2 aromatic carbocycles. The highest BCUT2D eigenvalue weighted by molar-refractivity contribution is 5.90. The van der Waals surface area contributed by atoms with Gasteiger partial charge in [-0.2, -0.15) is 0 Å². The van der Waals surface area contributed by atoms with Crippen molar-refractivity contribution < 1.29 is 4.79 Å². The van der Waals surface area contributed by atoms with Gasteiger partial charge in [-0.25, -0.2) is 9.97 Å². The van der Waals surface area contributed by atoms with Crippen LogP contribution in [0.25, 0.3) is 10.9 Å². The van der Waals surface area contributed by atoms with Gasteiger partial charge in [0.05, 0.1) is 11.1 Å². The van der Waals surface area contributed by atoms with Gasteiger partial charge in [-0.05, 0) is 43.4 Å². The minimum absolute atomic E-state index is 0.0256. The van der Waals surface area contributed by atoms with E-state index in [9.17, 15) is 4.79 Å². The Kier molecular flexibility index (Phi) is 4.66. The molecule has 2 fully saturated rings. The normalized spacial score (nSPS) is 21.4. The van der Waals surface area contributed by atoms with Gasteiger partial charge in [0.2, 0.25) is 5.91 Å². The van der Waals surface area contributed by atoms with Gasteiger partial charge >= 0.3 is 0 Å². The van der Waals surface area contributed by atoms with E-state index < -0.39 is 0 Å². The first-order chi connectivity index (χ1) is 14.3. The first-order valence-electron chi connectivity index (χ1n) is 10.5. The number of nitrogens with zero attached hydrogens (tertiary/aromatic N) is 4. The Morgan fingerprint density at radius 1 is 0.966 bits per heavy atom. The summed E-state index contributed by atoms with van der Waals surface area (Å²) in [4.78, 5) is 26.5. The van der Waals surface area contributed by atoms with E-state index in [4.69, 9.17) is 0 Å². The summed E-state index contributed by atoms with van der Waals surface area (Å²) in [7, 11) is 0. The number of amides is 1. The third kappa shape index (κ3) is 3.35. The molecular formula is C24H26N4O. The maximum absolute atomic E-state index is 12.9. The lowest BCUT2D eigenvalue weighted by molar-refractivity contribution is -0.134. The molecule has 3 heterocycles. The second-order valence-electron chi connectivity index (χ2n) is 8.24. The molecule has 5 nitrogen and oxygen atoms in total. The standard InChI is InChI=1S/C24H26N4O/c29-22(12-11-19-7-2-1-3-8-19)27-15-6-13-24(17-27)14-16-28(24)23-20-9-4-5-10-21(20)25-18-26-23/h1-5,7-10,18H,6,11-17H2/t24-/m1/s1. The van der Waals surface area contributed by atoms with E-state index in [0.29, 0.717) is 6.42 Å². The Morgan fingerprint density at radius 3 is 2.62 bits per heavy atom. The second kappa shape index (κ2) is 7.47. The molecule has 1 atom stereocenters. The van der Waals surface area contributed by atoms with Gasteiger partial charge in [0.1, 0.15) is 12.1 Å². The SMILES string of the molecule is O=C(CCc1ccccc1)N1CCC[C@@]2(CCN2c2ncnc3ccccc23)C1. The number of carbonyl (C=O) groups excluding carboxylic acids is 1. The molecule has 0 N–H and O–H groups in total. The van der Waals surface area contributed by atoms with Gasteiger partial charge in [-0.15, -0.1) is 0 Å². The predicted octanol–water partition coefficient (Wildman–Crippen LogP) is 3.83. The summed E-state index contributed by atoms with van der Waals surface area (Å²) in [6.45, 7) is 2.67. The number of hydrogen-bond acceptors (Lipinski definition) is 4. The molecule has 1 spiro atoms. The van der Waals surface area contributed by atoms with Crippen LogP contribution in [0.2, 0.25) is 0 Å². The van der Waals surface area contributed by atoms with E-state index in [1.165, 1.54) is 5.56 Å². The van der Waals surface area contributed by atoms with Gasteiger partial charge in [0, 0.05) is 31.4 Å². The van der Waals surface area contributed by atoms with Crippen molar-refractivity contribution in [3.63, 3.8) is 0 Å². The van der Waals surface area contributed by atoms with E-state index in [2.05, 4.69) is 38.0 Å². The lowest BCUT2D eigenvalue weighted by Crippen LogP contribution is -2.68. The zero-order chi connectivity index (χ0) is 19.7. The fourth-order valence-corrected chi connectivity index (χ4v) is 4.88. The molecule has 0 radical (unpaired) electrons. The largest absolute Gasteiger partial charge is 0.348 e. The van der Waals surface area contributed by atoms with Gasteiger partial charge in [-0.1, -0.05) is 42.5 Å². The monoisotopic (exact) mass is 386 g/mol. The predicted molar refractivity (Wildman–Crippen MR) is 115 cm³/mol. The summed E-state index contributed by atoms with van der Waals surface area (Å²) in [5.41, 5.74) is 2.23. The fraction of sp³-hybridized carbons (Fsp3) is 0.375. The highest BCUT2D eigenvalue weighted by Gasteiger charge is 2.49. The maximum atomic E-state index is 12.9. The fourth-order valence-electron chi connectivity index (χ4n) is 4.88. The van der Waals surface area contributed by atoms with Crippen molar-refractivity contribution in [2.75, 3.05) is 24.5 Å². The average Bonchev–Trinajstić information content (AvgIpc) is 2.78.